The summed E-state index contributed by atoms with van der Waals surface area (Å²) >= 11 is 1.50. The lowest BCUT2D eigenvalue weighted by atomic mass is 10.2. The van der Waals surface area contributed by atoms with E-state index in [1.165, 1.54) is 34.8 Å². The first kappa shape index (κ1) is 30.0. The smallest absolute Gasteiger partial charge is 0.264 e. The van der Waals surface area contributed by atoms with Gasteiger partial charge in [0.1, 0.15) is 0 Å². The van der Waals surface area contributed by atoms with E-state index < -0.39 is 10.0 Å². The fraction of sp³-hybridized carbons (Fsp3) is 0.310. The molecule has 4 aromatic rings. The van der Waals surface area contributed by atoms with Crippen molar-refractivity contribution in [1.29, 1.82) is 0 Å². The van der Waals surface area contributed by atoms with Crippen LogP contribution in [-0.4, -0.2) is 70.6 Å². The van der Waals surface area contributed by atoms with E-state index in [-0.39, 0.29) is 23.2 Å². The number of carbonyl (C=O) groups is 1. The Bertz CT molecular complexity index is 1540. The van der Waals surface area contributed by atoms with E-state index >= 15 is 0 Å². The van der Waals surface area contributed by atoms with Crippen LogP contribution in [-0.2, 0) is 14.8 Å². The molecule has 40 heavy (non-hydrogen) atoms. The van der Waals surface area contributed by atoms with Crippen LogP contribution in [0.3, 0.4) is 0 Å². The van der Waals surface area contributed by atoms with Crippen LogP contribution in [0.15, 0.2) is 77.7 Å². The quantitative estimate of drug-likeness (QED) is 0.262. The molecule has 1 fully saturated rings. The van der Waals surface area contributed by atoms with Gasteiger partial charge in [-0.2, -0.15) is 0 Å². The summed E-state index contributed by atoms with van der Waals surface area (Å²) in [4.78, 5) is 22.8. The molecule has 0 N–H and O–H groups in total. The first-order valence-corrected chi connectivity index (χ1v) is 15.2. The number of ether oxygens (including phenoxy) is 1. The Morgan fingerprint density at radius 2 is 1.70 bits per heavy atom. The number of nitrogens with zero attached hydrogens (tertiary/aromatic N) is 4. The largest absolute Gasteiger partial charge is 0.379 e. The van der Waals surface area contributed by atoms with Crippen LogP contribution in [0.2, 0.25) is 0 Å². The van der Waals surface area contributed by atoms with Gasteiger partial charge in [-0.15, -0.1) is 12.4 Å². The van der Waals surface area contributed by atoms with E-state index in [1.54, 1.807) is 41.3 Å². The maximum Gasteiger partial charge on any atom is 0.264 e. The van der Waals surface area contributed by atoms with Crippen molar-refractivity contribution in [3.8, 4) is 0 Å². The standard InChI is InChI=1S/C29H32N4O4S2.ClH/c1-22-8-6-11-26-27(22)30-29(38-26)33(17-7-16-32-18-20-37-21-19-32)28(34)23-12-14-25(15-13-23)39(35,36)31(2)24-9-4-3-5-10-24;/h3-6,8-15H,7,16-21H2,1-2H3;1H. The zero-order chi connectivity index (χ0) is 27.4. The summed E-state index contributed by atoms with van der Waals surface area (Å²) in [5.74, 6) is -0.200. The third-order valence-electron chi connectivity index (χ3n) is 6.92. The molecule has 1 amide bonds. The Morgan fingerprint density at radius 3 is 2.38 bits per heavy atom. The van der Waals surface area contributed by atoms with Gasteiger partial charge in [0, 0.05) is 38.8 Å². The Morgan fingerprint density at radius 1 is 1.00 bits per heavy atom. The van der Waals surface area contributed by atoms with Crippen molar-refractivity contribution >= 4 is 60.7 Å². The molecule has 0 radical (unpaired) electrons. The summed E-state index contributed by atoms with van der Waals surface area (Å²) in [5.41, 5.74) is 2.94. The van der Waals surface area contributed by atoms with Gasteiger partial charge < -0.3 is 4.74 Å². The van der Waals surface area contributed by atoms with Gasteiger partial charge in [0.2, 0.25) is 0 Å². The van der Waals surface area contributed by atoms with E-state index in [0.29, 0.717) is 22.9 Å². The van der Waals surface area contributed by atoms with E-state index in [2.05, 4.69) is 4.90 Å². The second kappa shape index (κ2) is 13.1. The molecule has 5 rings (SSSR count). The van der Waals surface area contributed by atoms with Gasteiger partial charge in [-0.3, -0.25) is 18.9 Å². The van der Waals surface area contributed by atoms with Crippen molar-refractivity contribution in [3.63, 3.8) is 0 Å². The predicted molar refractivity (Wildman–Crippen MR) is 164 cm³/mol. The minimum atomic E-state index is -3.77. The molecule has 0 atom stereocenters. The minimum Gasteiger partial charge on any atom is -0.379 e. The Kier molecular flexibility index (Phi) is 9.81. The number of para-hydroxylation sites is 2. The molecule has 8 nitrogen and oxygen atoms in total. The maximum atomic E-state index is 13.8. The third-order valence-corrected chi connectivity index (χ3v) is 9.77. The number of fused-ring (bicyclic) bond motifs is 1. The zero-order valence-corrected chi connectivity index (χ0v) is 25.0. The van der Waals surface area contributed by atoms with E-state index in [9.17, 15) is 13.2 Å². The van der Waals surface area contributed by atoms with E-state index in [0.717, 1.165) is 55.0 Å². The molecule has 2 heterocycles. The van der Waals surface area contributed by atoms with Crippen LogP contribution in [0, 0.1) is 6.92 Å². The molecule has 0 saturated carbocycles. The number of hydrogen-bond donors (Lipinski definition) is 0. The number of thiazole rings is 1. The number of aryl methyl sites for hydroxylation is 1. The molecule has 3 aromatic carbocycles. The predicted octanol–water partition coefficient (Wildman–Crippen LogP) is 5.22. The monoisotopic (exact) mass is 600 g/mol. The third kappa shape index (κ3) is 6.47. The van der Waals surface area contributed by atoms with Crippen LogP contribution < -0.4 is 9.21 Å². The van der Waals surface area contributed by atoms with Gasteiger partial charge >= 0.3 is 0 Å². The van der Waals surface area contributed by atoms with E-state index in [4.69, 9.17) is 9.72 Å². The van der Waals surface area contributed by atoms with Crippen LogP contribution in [0.1, 0.15) is 22.3 Å². The molecule has 11 heteroatoms. The fourth-order valence-corrected chi connectivity index (χ4v) is 6.87. The Hall–Kier alpha value is -3.02. The average molecular weight is 601 g/mol. The van der Waals surface area contributed by atoms with Crippen molar-refractivity contribution in [2.45, 2.75) is 18.2 Å². The Labute approximate surface area is 245 Å². The molecule has 0 aliphatic carbocycles. The highest BCUT2D eigenvalue weighted by Gasteiger charge is 2.25. The van der Waals surface area contributed by atoms with Crippen LogP contribution >= 0.6 is 23.7 Å². The summed E-state index contributed by atoms with van der Waals surface area (Å²) in [7, 11) is -2.25. The fourth-order valence-electron chi connectivity index (χ4n) is 4.61. The van der Waals surface area contributed by atoms with Gasteiger partial charge in [-0.25, -0.2) is 13.4 Å². The van der Waals surface area contributed by atoms with Gasteiger partial charge in [-0.05, 0) is 61.4 Å². The number of rotatable bonds is 9. The van der Waals surface area contributed by atoms with E-state index in [1.807, 2.05) is 31.2 Å². The number of hydrogen-bond acceptors (Lipinski definition) is 7. The van der Waals surface area contributed by atoms with Crippen LogP contribution in [0.25, 0.3) is 10.2 Å². The molecular weight excluding hydrogens is 568 g/mol. The molecule has 1 aromatic heterocycles. The first-order chi connectivity index (χ1) is 18.8. The summed E-state index contributed by atoms with van der Waals surface area (Å²) < 4.78 is 34.1. The lowest BCUT2D eigenvalue weighted by Crippen LogP contribution is -2.39. The van der Waals surface area contributed by atoms with Crippen molar-refractivity contribution in [2.24, 2.45) is 0 Å². The molecule has 1 saturated heterocycles. The number of morpholine rings is 1. The second-order valence-corrected chi connectivity index (χ2v) is 12.5. The Balaban J connectivity index is 0.00000370. The van der Waals surface area contributed by atoms with Crippen LogP contribution in [0.4, 0.5) is 10.8 Å². The van der Waals surface area contributed by atoms with Crippen molar-refractivity contribution in [2.75, 3.05) is 55.6 Å². The normalized spacial score (nSPS) is 14.1. The molecule has 1 aliphatic heterocycles. The van der Waals surface area contributed by atoms with Gasteiger partial charge in [0.05, 0.1) is 34.0 Å². The maximum absolute atomic E-state index is 13.8. The zero-order valence-electron chi connectivity index (χ0n) is 22.5. The lowest BCUT2D eigenvalue weighted by molar-refractivity contribution is 0.0376. The summed E-state index contributed by atoms with van der Waals surface area (Å²) in [5, 5.41) is 0.645. The highest BCUT2D eigenvalue weighted by Crippen LogP contribution is 2.32. The number of halogens is 1. The van der Waals surface area contributed by atoms with Crippen molar-refractivity contribution < 1.29 is 17.9 Å². The summed E-state index contributed by atoms with van der Waals surface area (Å²) in [6, 6.07) is 21.1. The number of sulfonamides is 1. The number of amides is 1. The second-order valence-electron chi connectivity index (χ2n) is 9.51. The van der Waals surface area contributed by atoms with Gasteiger partial charge in [0.25, 0.3) is 15.9 Å². The average Bonchev–Trinajstić information content (AvgIpc) is 3.41. The minimum absolute atomic E-state index is 0. The van der Waals surface area contributed by atoms with Crippen molar-refractivity contribution in [1.82, 2.24) is 9.88 Å². The first-order valence-electron chi connectivity index (χ1n) is 13.0. The highest BCUT2D eigenvalue weighted by molar-refractivity contribution is 7.92. The molecule has 212 valence electrons. The topological polar surface area (TPSA) is 83.0 Å². The molecule has 0 bridgehead atoms. The highest BCUT2D eigenvalue weighted by atomic mass is 35.5. The molecular formula is C29H33ClN4O4S2. The SMILES string of the molecule is Cc1cccc2sc(N(CCCN3CCOCC3)C(=O)c3ccc(S(=O)(=O)N(C)c4ccccc4)cc3)nc12.Cl. The number of anilines is 2. The molecule has 1 aliphatic rings. The summed E-state index contributed by atoms with van der Waals surface area (Å²) in [6.07, 6.45) is 0.787. The number of carbonyl (C=O) groups excluding carboxylic acids is 1. The molecule has 0 spiro atoms. The number of aromatic nitrogens is 1. The summed E-state index contributed by atoms with van der Waals surface area (Å²) in [6.45, 7) is 6.63. The van der Waals surface area contributed by atoms with Gasteiger partial charge in [-0.1, -0.05) is 41.7 Å². The van der Waals surface area contributed by atoms with Crippen LogP contribution in [0.5, 0.6) is 0 Å². The molecule has 0 unspecified atom stereocenters. The van der Waals surface area contributed by atoms with Gasteiger partial charge in [0.15, 0.2) is 5.13 Å². The lowest BCUT2D eigenvalue weighted by Gasteiger charge is -2.27. The number of benzene rings is 3. The van der Waals surface area contributed by atoms with Crippen molar-refractivity contribution in [3.05, 3.63) is 83.9 Å².